The Morgan fingerprint density at radius 1 is 1.47 bits per heavy atom. The molecular formula is C15H18N4. The monoisotopic (exact) mass is 254 g/mol. The summed E-state index contributed by atoms with van der Waals surface area (Å²) in [5.41, 5.74) is 3.38. The molecule has 1 fully saturated rings. The molecule has 1 aromatic heterocycles. The van der Waals surface area contributed by atoms with Gasteiger partial charge in [-0.3, -0.25) is 0 Å². The lowest BCUT2D eigenvalue weighted by Crippen LogP contribution is -2.25. The van der Waals surface area contributed by atoms with Crippen molar-refractivity contribution in [2.24, 2.45) is 12.5 Å². The molecule has 3 rings (SSSR count). The van der Waals surface area contributed by atoms with Crippen molar-refractivity contribution in [3.8, 4) is 6.07 Å². The van der Waals surface area contributed by atoms with Gasteiger partial charge < -0.3 is 9.47 Å². The zero-order valence-electron chi connectivity index (χ0n) is 11.4. The van der Waals surface area contributed by atoms with E-state index in [0.717, 1.165) is 37.0 Å². The zero-order chi connectivity index (χ0) is 13.5. The summed E-state index contributed by atoms with van der Waals surface area (Å²) in [6.07, 6.45) is 3.94. The van der Waals surface area contributed by atoms with Gasteiger partial charge in [0.2, 0.25) is 0 Å². The molecule has 0 spiro atoms. The Kier molecular flexibility index (Phi) is 2.79. The van der Waals surface area contributed by atoms with E-state index >= 15 is 0 Å². The Morgan fingerprint density at radius 3 is 2.95 bits per heavy atom. The van der Waals surface area contributed by atoms with Crippen molar-refractivity contribution in [3.63, 3.8) is 0 Å². The first-order valence-corrected chi connectivity index (χ1v) is 6.62. The van der Waals surface area contributed by atoms with Crippen LogP contribution in [0.5, 0.6) is 0 Å². The fraction of sp³-hybridized carbons (Fsp3) is 0.467. The molecule has 0 amide bonds. The number of hydrogen-bond donors (Lipinski definition) is 0. The van der Waals surface area contributed by atoms with Gasteiger partial charge in [0.05, 0.1) is 28.8 Å². The fourth-order valence-electron chi connectivity index (χ4n) is 2.62. The van der Waals surface area contributed by atoms with E-state index in [2.05, 4.69) is 41.2 Å². The first kappa shape index (κ1) is 12.2. The molecule has 4 nitrogen and oxygen atoms in total. The normalized spacial score (nSPS) is 16.7. The van der Waals surface area contributed by atoms with Crippen LogP contribution in [0.4, 0.5) is 0 Å². The second-order valence-electron chi connectivity index (χ2n) is 5.74. The largest absolute Gasteiger partial charge is 0.334 e. The molecule has 2 aromatic rings. The molecule has 0 radical (unpaired) electrons. The average Bonchev–Trinajstić information content (AvgIpc) is 3.07. The molecule has 0 unspecified atom stereocenters. The number of fused-ring (bicyclic) bond motifs is 1. The van der Waals surface area contributed by atoms with Crippen molar-refractivity contribution in [1.82, 2.24) is 14.5 Å². The summed E-state index contributed by atoms with van der Waals surface area (Å²) < 4.78 is 2.03. The predicted molar refractivity (Wildman–Crippen MR) is 74.3 cm³/mol. The topological polar surface area (TPSA) is 44.9 Å². The van der Waals surface area contributed by atoms with Gasteiger partial charge in [-0.05, 0) is 37.6 Å². The van der Waals surface area contributed by atoms with Crippen molar-refractivity contribution in [1.29, 1.82) is 5.26 Å². The summed E-state index contributed by atoms with van der Waals surface area (Å²) in [5.74, 6) is 0. The van der Waals surface area contributed by atoms with Crippen molar-refractivity contribution >= 4 is 11.0 Å². The minimum Gasteiger partial charge on any atom is -0.334 e. The van der Waals surface area contributed by atoms with Crippen LogP contribution in [0.1, 0.15) is 18.4 Å². The highest BCUT2D eigenvalue weighted by molar-refractivity contribution is 5.75. The first-order valence-electron chi connectivity index (χ1n) is 6.62. The molecular weight excluding hydrogens is 236 g/mol. The highest BCUT2D eigenvalue weighted by Gasteiger charge is 2.43. The van der Waals surface area contributed by atoms with Crippen molar-refractivity contribution < 1.29 is 0 Å². The number of aryl methyl sites for hydroxylation is 1. The van der Waals surface area contributed by atoms with Crippen LogP contribution in [0.2, 0.25) is 0 Å². The van der Waals surface area contributed by atoms with Gasteiger partial charge >= 0.3 is 0 Å². The average molecular weight is 254 g/mol. The zero-order valence-corrected chi connectivity index (χ0v) is 11.4. The van der Waals surface area contributed by atoms with Crippen LogP contribution in [0.15, 0.2) is 24.5 Å². The summed E-state index contributed by atoms with van der Waals surface area (Å²) in [6.45, 7) is 1.74. The molecule has 0 aliphatic heterocycles. The lowest BCUT2D eigenvalue weighted by atomic mass is 10.1. The van der Waals surface area contributed by atoms with Crippen LogP contribution in [-0.4, -0.2) is 28.0 Å². The molecule has 0 N–H and O–H groups in total. The van der Waals surface area contributed by atoms with E-state index in [9.17, 15) is 0 Å². The quantitative estimate of drug-likeness (QED) is 0.841. The van der Waals surface area contributed by atoms with Crippen LogP contribution in [-0.2, 0) is 13.6 Å². The van der Waals surface area contributed by atoms with Gasteiger partial charge in [-0.1, -0.05) is 6.07 Å². The Hall–Kier alpha value is -1.86. The number of hydrogen-bond acceptors (Lipinski definition) is 3. The minimum absolute atomic E-state index is 0.0656. The first-order chi connectivity index (χ1) is 9.12. The molecule has 4 heteroatoms. The molecule has 98 valence electrons. The van der Waals surface area contributed by atoms with Crippen LogP contribution in [0.3, 0.4) is 0 Å². The second-order valence-corrected chi connectivity index (χ2v) is 5.74. The third kappa shape index (κ3) is 2.34. The highest BCUT2D eigenvalue weighted by atomic mass is 15.1. The smallest absolute Gasteiger partial charge is 0.0955 e. The molecule has 1 heterocycles. The Morgan fingerprint density at radius 2 is 2.26 bits per heavy atom. The van der Waals surface area contributed by atoms with E-state index < -0.39 is 0 Å². The summed E-state index contributed by atoms with van der Waals surface area (Å²) in [5, 5.41) is 9.13. The molecule has 0 saturated heterocycles. The van der Waals surface area contributed by atoms with Gasteiger partial charge in [0.15, 0.2) is 0 Å². The highest BCUT2D eigenvalue weighted by Crippen LogP contribution is 2.45. The standard InChI is InChI=1S/C15H18N4/c1-18(10-15(9-16)5-6-15)8-12-3-4-14-13(7-12)17-11-19(14)2/h3-4,7,11H,5-6,8,10H2,1-2H3. The molecule has 1 aliphatic rings. The number of aromatic nitrogens is 2. The van der Waals surface area contributed by atoms with Gasteiger partial charge in [0, 0.05) is 20.1 Å². The summed E-state index contributed by atoms with van der Waals surface area (Å²) in [4.78, 5) is 6.62. The minimum atomic E-state index is -0.0656. The molecule has 1 saturated carbocycles. The maximum Gasteiger partial charge on any atom is 0.0955 e. The van der Waals surface area contributed by atoms with E-state index in [0.29, 0.717) is 0 Å². The predicted octanol–water partition coefficient (Wildman–Crippen LogP) is 2.31. The molecule has 19 heavy (non-hydrogen) atoms. The number of nitrogens with zero attached hydrogens (tertiary/aromatic N) is 4. The van der Waals surface area contributed by atoms with E-state index in [1.165, 1.54) is 5.56 Å². The molecule has 0 atom stereocenters. The molecule has 1 aromatic carbocycles. The van der Waals surface area contributed by atoms with Gasteiger partial charge in [0.25, 0.3) is 0 Å². The summed E-state index contributed by atoms with van der Waals surface area (Å²) in [7, 11) is 4.09. The molecule has 0 bridgehead atoms. The Balaban J connectivity index is 1.72. The third-order valence-electron chi connectivity index (χ3n) is 3.91. The Bertz CT molecular complexity index is 646. The number of imidazole rings is 1. The van der Waals surface area contributed by atoms with E-state index in [1.807, 2.05) is 17.9 Å². The SMILES string of the molecule is CN(Cc1ccc2c(c1)ncn2C)CC1(C#N)CC1. The maximum absolute atomic E-state index is 9.13. The van der Waals surface area contributed by atoms with Crippen molar-refractivity contribution in [2.45, 2.75) is 19.4 Å². The fourth-order valence-corrected chi connectivity index (χ4v) is 2.62. The van der Waals surface area contributed by atoms with E-state index in [1.54, 1.807) is 0 Å². The molecule has 1 aliphatic carbocycles. The van der Waals surface area contributed by atoms with Crippen molar-refractivity contribution in [2.75, 3.05) is 13.6 Å². The van der Waals surface area contributed by atoms with Crippen LogP contribution < -0.4 is 0 Å². The van der Waals surface area contributed by atoms with E-state index in [-0.39, 0.29) is 5.41 Å². The number of nitriles is 1. The van der Waals surface area contributed by atoms with Gasteiger partial charge in [-0.2, -0.15) is 5.26 Å². The van der Waals surface area contributed by atoms with Gasteiger partial charge in [0.1, 0.15) is 0 Å². The lowest BCUT2D eigenvalue weighted by Gasteiger charge is -2.19. The number of rotatable bonds is 4. The Labute approximate surface area is 113 Å². The second kappa shape index (κ2) is 4.36. The van der Waals surface area contributed by atoms with Crippen molar-refractivity contribution in [3.05, 3.63) is 30.1 Å². The summed E-state index contributed by atoms with van der Waals surface area (Å²) in [6, 6.07) is 8.84. The van der Waals surface area contributed by atoms with E-state index in [4.69, 9.17) is 5.26 Å². The number of benzene rings is 1. The maximum atomic E-state index is 9.13. The van der Waals surface area contributed by atoms with Gasteiger partial charge in [-0.25, -0.2) is 4.98 Å². The van der Waals surface area contributed by atoms with Gasteiger partial charge in [-0.15, -0.1) is 0 Å². The lowest BCUT2D eigenvalue weighted by molar-refractivity contribution is 0.287. The van der Waals surface area contributed by atoms with Crippen LogP contribution in [0.25, 0.3) is 11.0 Å². The van der Waals surface area contributed by atoms with Crippen LogP contribution >= 0.6 is 0 Å². The summed E-state index contributed by atoms with van der Waals surface area (Å²) >= 11 is 0. The third-order valence-corrected chi connectivity index (χ3v) is 3.91. The van der Waals surface area contributed by atoms with Crippen LogP contribution in [0, 0.1) is 16.7 Å².